The topological polar surface area (TPSA) is 77.5 Å². The number of nitrogens with one attached hydrogen (secondary N) is 1. The van der Waals surface area contributed by atoms with Crippen molar-refractivity contribution in [3.63, 3.8) is 0 Å². The summed E-state index contributed by atoms with van der Waals surface area (Å²) in [4.78, 5) is 29.1. The van der Waals surface area contributed by atoms with Gasteiger partial charge in [0.15, 0.2) is 0 Å². The Labute approximate surface area is 138 Å². The van der Waals surface area contributed by atoms with Crippen LogP contribution < -0.4 is 5.32 Å². The zero-order valence-electron chi connectivity index (χ0n) is 13.4. The van der Waals surface area contributed by atoms with Gasteiger partial charge in [-0.2, -0.15) is 0 Å². The molecule has 0 unspecified atom stereocenters. The second kappa shape index (κ2) is 6.78. The Morgan fingerprint density at radius 1 is 1.26 bits per heavy atom. The normalized spacial score (nSPS) is 11.0. The Morgan fingerprint density at radius 2 is 2.00 bits per heavy atom. The van der Waals surface area contributed by atoms with Crippen LogP contribution in [0.4, 0.5) is 10.5 Å². The number of hydrogen-bond donors (Lipinski definition) is 1. The van der Waals surface area contributed by atoms with Crippen LogP contribution in [0, 0.1) is 0 Å². The Kier molecular flexibility index (Phi) is 5.00. The molecule has 0 aliphatic rings. The predicted octanol–water partition coefficient (Wildman–Crippen LogP) is 3.94. The highest BCUT2D eigenvalue weighted by Gasteiger charge is 2.22. The first-order chi connectivity index (χ1) is 10.8. The van der Waals surface area contributed by atoms with Crippen molar-refractivity contribution in [2.24, 2.45) is 0 Å². The molecule has 0 radical (unpaired) electrons. The summed E-state index contributed by atoms with van der Waals surface area (Å²) >= 11 is 1.20. The van der Waals surface area contributed by atoms with Gasteiger partial charge >= 0.3 is 12.1 Å². The SMILES string of the molecule is COC(=O)c1sc(-c2ccccn2)cc1NC(=O)OC(C)(C)C. The van der Waals surface area contributed by atoms with Crippen LogP contribution in [0.3, 0.4) is 0 Å². The Hall–Kier alpha value is -2.41. The first-order valence-corrected chi connectivity index (χ1v) is 7.75. The largest absolute Gasteiger partial charge is 0.465 e. The highest BCUT2D eigenvalue weighted by atomic mass is 32.1. The minimum absolute atomic E-state index is 0.291. The number of methoxy groups -OCH3 is 1. The van der Waals surface area contributed by atoms with Crippen molar-refractivity contribution in [1.82, 2.24) is 4.98 Å². The molecule has 2 aromatic rings. The first kappa shape index (κ1) is 17.0. The average molecular weight is 334 g/mol. The molecule has 2 heterocycles. The lowest BCUT2D eigenvalue weighted by molar-refractivity contribution is 0.0607. The molecule has 0 fully saturated rings. The van der Waals surface area contributed by atoms with Gasteiger partial charge in [-0.05, 0) is 39.0 Å². The van der Waals surface area contributed by atoms with Gasteiger partial charge in [-0.1, -0.05) is 6.07 Å². The van der Waals surface area contributed by atoms with Crippen molar-refractivity contribution in [2.75, 3.05) is 12.4 Å². The average Bonchev–Trinajstić information content (AvgIpc) is 2.89. The van der Waals surface area contributed by atoms with Crippen molar-refractivity contribution >= 4 is 29.1 Å². The van der Waals surface area contributed by atoms with Crippen molar-refractivity contribution < 1.29 is 19.1 Å². The smallest absolute Gasteiger partial charge is 0.412 e. The zero-order valence-corrected chi connectivity index (χ0v) is 14.2. The van der Waals surface area contributed by atoms with E-state index in [1.54, 1.807) is 39.1 Å². The van der Waals surface area contributed by atoms with E-state index in [-0.39, 0.29) is 0 Å². The number of esters is 1. The quantitative estimate of drug-likeness (QED) is 0.860. The summed E-state index contributed by atoms with van der Waals surface area (Å²) in [6, 6.07) is 7.16. The molecule has 2 rings (SSSR count). The summed E-state index contributed by atoms with van der Waals surface area (Å²) in [5, 5.41) is 2.59. The summed E-state index contributed by atoms with van der Waals surface area (Å²) in [5.74, 6) is -0.525. The summed E-state index contributed by atoms with van der Waals surface area (Å²) in [7, 11) is 1.29. The number of carbonyl (C=O) groups excluding carboxylic acids is 2. The lowest BCUT2D eigenvalue weighted by atomic mass is 10.2. The minimum Gasteiger partial charge on any atom is -0.465 e. The van der Waals surface area contributed by atoms with E-state index >= 15 is 0 Å². The van der Waals surface area contributed by atoms with E-state index in [1.807, 2.05) is 12.1 Å². The van der Waals surface area contributed by atoms with Crippen LogP contribution in [0.5, 0.6) is 0 Å². The molecule has 0 saturated heterocycles. The van der Waals surface area contributed by atoms with E-state index in [0.717, 1.165) is 4.88 Å². The predicted molar refractivity (Wildman–Crippen MR) is 88.7 cm³/mol. The summed E-state index contributed by atoms with van der Waals surface area (Å²) in [6.45, 7) is 5.29. The molecule has 23 heavy (non-hydrogen) atoms. The van der Waals surface area contributed by atoms with Crippen molar-refractivity contribution in [2.45, 2.75) is 26.4 Å². The van der Waals surface area contributed by atoms with Crippen LogP contribution >= 0.6 is 11.3 Å². The fourth-order valence-corrected chi connectivity index (χ4v) is 2.79. The van der Waals surface area contributed by atoms with E-state index in [9.17, 15) is 9.59 Å². The van der Waals surface area contributed by atoms with Crippen LogP contribution in [-0.4, -0.2) is 29.8 Å². The van der Waals surface area contributed by atoms with Gasteiger partial charge in [0.2, 0.25) is 0 Å². The third-order valence-electron chi connectivity index (χ3n) is 2.66. The fourth-order valence-electron chi connectivity index (χ4n) is 1.78. The molecule has 0 aromatic carbocycles. The third kappa shape index (κ3) is 4.53. The maximum Gasteiger partial charge on any atom is 0.412 e. The second-order valence-corrected chi connectivity index (χ2v) is 6.74. The number of amides is 1. The first-order valence-electron chi connectivity index (χ1n) is 6.93. The van der Waals surface area contributed by atoms with Crippen LogP contribution in [0.25, 0.3) is 10.6 Å². The third-order valence-corrected chi connectivity index (χ3v) is 3.79. The highest BCUT2D eigenvalue weighted by Crippen LogP contribution is 2.34. The number of thiophene rings is 1. The summed E-state index contributed by atoms with van der Waals surface area (Å²) < 4.78 is 9.98. The molecule has 2 aromatic heterocycles. The molecule has 0 atom stereocenters. The van der Waals surface area contributed by atoms with Gasteiger partial charge < -0.3 is 9.47 Å². The van der Waals surface area contributed by atoms with Crippen LogP contribution in [0.2, 0.25) is 0 Å². The van der Waals surface area contributed by atoms with Crippen LogP contribution in [0.1, 0.15) is 30.4 Å². The van der Waals surface area contributed by atoms with E-state index < -0.39 is 17.7 Å². The van der Waals surface area contributed by atoms with Gasteiger partial charge in [0.25, 0.3) is 0 Å². The maximum absolute atomic E-state index is 11.9. The number of nitrogens with zero attached hydrogens (tertiary/aromatic N) is 1. The highest BCUT2D eigenvalue weighted by molar-refractivity contribution is 7.18. The molecular formula is C16H18N2O4S. The molecule has 0 aliphatic carbocycles. The zero-order chi connectivity index (χ0) is 17.0. The molecule has 0 bridgehead atoms. The monoisotopic (exact) mass is 334 g/mol. The van der Waals surface area contributed by atoms with Gasteiger partial charge in [-0.3, -0.25) is 10.3 Å². The molecule has 7 heteroatoms. The fraction of sp³-hybridized carbons (Fsp3) is 0.312. The molecule has 6 nitrogen and oxygen atoms in total. The number of rotatable bonds is 3. The number of carbonyl (C=O) groups is 2. The number of anilines is 1. The van der Waals surface area contributed by atoms with E-state index in [4.69, 9.17) is 9.47 Å². The maximum atomic E-state index is 11.9. The van der Waals surface area contributed by atoms with Gasteiger partial charge in [0.05, 0.1) is 23.4 Å². The Balaban J connectivity index is 2.32. The Bertz CT molecular complexity index is 705. The van der Waals surface area contributed by atoms with E-state index in [2.05, 4.69) is 10.3 Å². The minimum atomic E-state index is -0.631. The van der Waals surface area contributed by atoms with Gasteiger partial charge in [0.1, 0.15) is 10.5 Å². The van der Waals surface area contributed by atoms with Crippen molar-refractivity contribution in [3.05, 3.63) is 35.3 Å². The second-order valence-electron chi connectivity index (χ2n) is 5.69. The summed E-state index contributed by atoms with van der Waals surface area (Å²) in [5.41, 5.74) is 0.423. The van der Waals surface area contributed by atoms with Crippen molar-refractivity contribution in [3.8, 4) is 10.6 Å². The van der Waals surface area contributed by atoms with Crippen LogP contribution in [0.15, 0.2) is 30.5 Å². The molecule has 1 amide bonds. The lowest BCUT2D eigenvalue weighted by Gasteiger charge is -2.19. The standard InChI is InChI=1S/C16H18N2O4S/c1-16(2,3)22-15(20)18-11-9-12(10-7-5-6-8-17-10)23-13(11)14(19)21-4/h5-9H,1-4H3,(H,18,20). The number of pyridine rings is 1. The molecule has 1 N–H and O–H groups in total. The molecule has 0 spiro atoms. The van der Waals surface area contributed by atoms with Gasteiger partial charge in [0, 0.05) is 6.20 Å². The molecular weight excluding hydrogens is 316 g/mol. The summed E-state index contributed by atoms with van der Waals surface area (Å²) in [6.07, 6.45) is 1.03. The van der Waals surface area contributed by atoms with E-state index in [1.165, 1.54) is 18.4 Å². The van der Waals surface area contributed by atoms with Crippen LogP contribution in [-0.2, 0) is 9.47 Å². The molecule has 0 saturated carbocycles. The number of aromatic nitrogens is 1. The van der Waals surface area contributed by atoms with Crippen molar-refractivity contribution in [1.29, 1.82) is 0 Å². The van der Waals surface area contributed by atoms with Gasteiger partial charge in [-0.15, -0.1) is 11.3 Å². The van der Waals surface area contributed by atoms with E-state index in [0.29, 0.717) is 16.3 Å². The lowest BCUT2D eigenvalue weighted by Crippen LogP contribution is -2.27. The number of hydrogen-bond acceptors (Lipinski definition) is 6. The number of ether oxygens (including phenoxy) is 2. The molecule has 122 valence electrons. The van der Waals surface area contributed by atoms with Gasteiger partial charge in [-0.25, -0.2) is 9.59 Å². The Morgan fingerprint density at radius 3 is 2.57 bits per heavy atom. The molecule has 0 aliphatic heterocycles.